The van der Waals surface area contributed by atoms with Gasteiger partial charge >= 0.3 is 17.9 Å². The molecular weight excluding hydrogens is 542 g/mol. The van der Waals surface area contributed by atoms with Gasteiger partial charge in [-0.2, -0.15) is 0 Å². The Bertz CT molecular complexity index is 962. The molecule has 0 aromatic rings. The van der Waals surface area contributed by atoms with Gasteiger partial charge < -0.3 is 20.6 Å². The van der Waals surface area contributed by atoms with Gasteiger partial charge in [-0.15, -0.1) is 0 Å². The van der Waals surface area contributed by atoms with Crippen LogP contribution in [0.2, 0.25) is 0 Å². The fourth-order valence-electron chi connectivity index (χ4n) is 4.95. The Morgan fingerprint density at radius 1 is 0.854 bits per heavy atom. The summed E-state index contributed by atoms with van der Waals surface area (Å²) in [6.45, 7) is 3.09. The number of ketones is 1. The maximum atomic E-state index is 12.4. The number of nitrogens with zero attached hydrogens (tertiary/aromatic N) is 4. The number of hydrogen-bond donors (Lipinski definition) is 4. The SMILES string of the molecule is CC1CC(=O)N(CCC(=O)CCCNC(=O)CCC(C(=O)O)N2CCN(CC(=O)O)CCN(CC(=O)O)CC2)C1=O. The smallest absolute Gasteiger partial charge is 0.320 e. The first-order valence-electron chi connectivity index (χ1n) is 13.8. The normalized spacial score (nSPS) is 20.2. The predicted molar refractivity (Wildman–Crippen MR) is 143 cm³/mol. The molecule has 2 fully saturated rings. The molecule has 2 unspecified atom stereocenters. The molecule has 2 saturated heterocycles. The summed E-state index contributed by atoms with van der Waals surface area (Å²) in [5.41, 5.74) is 0. The second-order valence-electron chi connectivity index (χ2n) is 10.5. The number of imide groups is 1. The Hall–Kier alpha value is -3.43. The van der Waals surface area contributed by atoms with Crippen LogP contribution in [-0.2, 0) is 33.6 Å². The molecule has 0 saturated carbocycles. The van der Waals surface area contributed by atoms with Gasteiger partial charge in [0, 0.05) is 84.0 Å². The lowest BCUT2D eigenvalue weighted by Gasteiger charge is -2.30. The number of carboxylic acid groups (broad SMARTS) is 3. The van der Waals surface area contributed by atoms with Crippen LogP contribution < -0.4 is 5.32 Å². The van der Waals surface area contributed by atoms with Crippen LogP contribution >= 0.6 is 0 Å². The molecule has 0 radical (unpaired) electrons. The number of rotatable bonds is 16. The molecule has 2 aliphatic heterocycles. The molecule has 4 N–H and O–H groups in total. The summed E-state index contributed by atoms with van der Waals surface area (Å²) in [6.07, 6.45) is 0.645. The summed E-state index contributed by atoms with van der Waals surface area (Å²) in [5, 5.41) is 30.9. The minimum atomic E-state index is -1.14. The minimum absolute atomic E-state index is 0.00568. The Balaban J connectivity index is 1.80. The van der Waals surface area contributed by atoms with Crippen LogP contribution in [0.3, 0.4) is 0 Å². The van der Waals surface area contributed by atoms with Crippen LogP contribution in [0.5, 0.6) is 0 Å². The van der Waals surface area contributed by atoms with Gasteiger partial charge in [-0.3, -0.25) is 53.2 Å². The number of Topliss-reactive ketones (excluding diaryl/α,β-unsaturated/α-hetero) is 1. The largest absolute Gasteiger partial charge is 0.480 e. The van der Waals surface area contributed by atoms with Crippen molar-refractivity contribution in [3.05, 3.63) is 0 Å². The van der Waals surface area contributed by atoms with E-state index < -0.39 is 23.9 Å². The lowest BCUT2D eigenvalue weighted by molar-refractivity contribution is -0.145. The number of nitrogens with one attached hydrogen (secondary N) is 1. The summed E-state index contributed by atoms with van der Waals surface area (Å²) in [7, 11) is 0. The molecule has 2 heterocycles. The average molecular weight is 584 g/mol. The van der Waals surface area contributed by atoms with Crippen LogP contribution in [-0.4, -0.2) is 148 Å². The summed E-state index contributed by atoms with van der Waals surface area (Å²) in [4.78, 5) is 88.8. The monoisotopic (exact) mass is 583 g/mol. The Labute approximate surface area is 238 Å². The molecule has 2 rings (SSSR count). The Kier molecular flexibility index (Phi) is 13.8. The highest BCUT2D eigenvalue weighted by atomic mass is 16.4. The molecule has 2 aliphatic rings. The minimum Gasteiger partial charge on any atom is -0.480 e. The van der Waals surface area contributed by atoms with E-state index in [0.29, 0.717) is 19.5 Å². The van der Waals surface area contributed by atoms with Gasteiger partial charge in [0.25, 0.3) is 0 Å². The van der Waals surface area contributed by atoms with E-state index in [1.54, 1.807) is 21.6 Å². The van der Waals surface area contributed by atoms with Gasteiger partial charge in [-0.05, 0) is 12.8 Å². The summed E-state index contributed by atoms with van der Waals surface area (Å²) in [6, 6.07) is -1.03. The van der Waals surface area contributed by atoms with E-state index in [1.165, 1.54) is 0 Å². The first kappa shape index (κ1) is 33.8. The van der Waals surface area contributed by atoms with Crippen molar-refractivity contribution in [2.45, 2.75) is 51.5 Å². The standard InChI is InChI=1S/C26H41N5O10/c1-18-15-22(34)31(25(18)39)8-6-19(32)3-2-7-27-21(33)5-4-20(26(40)41)30-13-11-28(16-23(35)36)9-10-29(12-14-30)17-24(37)38/h18,20H,2-17H2,1H3,(H,27,33)(H,35,36)(H,37,38)(H,40,41). The van der Waals surface area contributed by atoms with Crippen molar-refractivity contribution in [3.63, 3.8) is 0 Å². The molecule has 0 bridgehead atoms. The quantitative estimate of drug-likeness (QED) is 0.121. The number of hydrogen-bond acceptors (Lipinski definition) is 10. The van der Waals surface area contributed by atoms with Crippen LogP contribution in [0, 0.1) is 5.92 Å². The molecule has 3 amide bonds. The maximum absolute atomic E-state index is 12.4. The second kappa shape index (κ2) is 16.7. The van der Waals surface area contributed by atoms with Crippen molar-refractivity contribution in [2.24, 2.45) is 5.92 Å². The van der Waals surface area contributed by atoms with E-state index in [4.69, 9.17) is 0 Å². The molecule has 0 aliphatic carbocycles. The number of carbonyl (C=O) groups excluding carboxylic acids is 4. The molecule has 15 heteroatoms. The van der Waals surface area contributed by atoms with Crippen molar-refractivity contribution in [1.29, 1.82) is 0 Å². The summed E-state index contributed by atoms with van der Waals surface area (Å²) >= 11 is 0. The Morgan fingerprint density at radius 2 is 1.41 bits per heavy atom. The number of aliphatic carboxylic acids is 3. The molecule has 15 nitrogen and oxygen atoms in total. The zero-order valence-electron chi connectivity index (χ0n) is 23.5. The second-order valence-corrected chi connectivity index (χ2v) is 10.5. The summed E-state index contributed by atoms with van der Waals surface area (Å²) < 4.78 is 0. The van der Waals surface area contributed by atoms with Crippen molar-refractivity contribution in [3.8, 4) is 0 Å². The zero-order chi connectivity index (χ0) is 30.5. The number of carboxylic acids is 3. The van der Waals surface area contributed by atoms with Gasteiger partial charge in [0.15, 0.2) is 0 Å². The topological polar surface area (TPSA) is 205 Å². The zero-order valence-corrected chi connectivity index (χ0v) is 23.5. The average Bonchev–Trinajstić information content (AvgIpc) is 3.17. The number of amides is 3. The van der Waals surface area contributed by atoms with Crippen LogP contribution in [0.15, 0.2) is 0 Å². The summed E-state index contributed by atoms with van der Waals surface area (Å²) in [5.74, 6) is -4.63. The van der Waals surface area contributed by atoms with Crippen LogP contribution in [0.4, 0.5) is 0 Å². The van der Waals surface area contributed by atoms with E-state index >= 15 is 0 Å². The first-order chi connectivity index (χ1) is 19.4. The van der Waals surface area contributed by atoms with Gasteiger partial charge in [0.05, 0.1) is 13.1 Å². The van der Waals surface area contributed by atoms with Gasteiger partial charge in [-0.25, -0.2) is 0 Å². The lowest BCUT2D eigenvalue weighted by Crippen LogP contribution is -2.47. The van der Waals surface area contributed by atoms with Crippen molar-refractivity contribution in [2.75, 3.05) is 65.4 Å². The Morgan fingerprint density at radius 3 is 1.90 bits per heavy atom. The van der Waals surface area contributed by atoms with Crippen molar-refractivity contribution < 1.29 is 48.9 Å². The third-order valence-electron chi connectivity index (χ3n) is 7.27. The van der Waals surface area contributed by atoms with E-state index in [1.807, 2.05) is 0 Å². The van der Waals surface area contributed by atoms with Gasteiger partial charge in [0.1, 0.15) is 11.8 Å². The fourth-order valence-corrected chi connectivity index (χ4v) is 4.95. The maximum Gasteiger partial charge on any atom is 0.320 e. The van der Waals surface area contributed by atoms with Crippen LogP contribution in [0.1, 0.15) is 45.4 Å². The predicted octanol–water partition coefficient (Wildman–Crippen LogP) is -1.44. The lowest BCUT2D eigenvalue weighted by atomic mass is 10.1. The molecule has 2 atom stereocenters. The van der Waals surface area contributed by atoms with E-state index in [2.05, 4.69) is 5.32 Å². The van der Waals surface area contributed by atoms with E-state index in [-0.39, 0.29) is 114 Å². The molecule has 0 aromatic heterocycles. The van der Waals surface area contributed by atoms with Gasteiger partial charge in [0.2, 0.25) is 17.7 Å². The van der Waals surface area contributed by atoms with Crippen LogP contribution in [0.25, 0.3) is 0 Å². The van der Waals surface area contributed by atoms with E-state index in [9.17, 15) is 48.9 Å². The fraction of sp³-hybridized carbons (Fsp3) is 0.731. The van der Waals surface area contributed by atoms with Crippen molar-refractivity contribution >= 4 is 41.4 Å². The highest BCUT2D eigenvalue weighted by molar-refractivity contribution is 6.03. The first-order valence-corrected chi connectivity index (χ1v) is 13.8. The molecule has 41 heavy (non-hydrogen) atoms. The molecule has 0 aromatic carbocycles. The highest BCUT2D eigenvalue weighted by Crippen LogP contribution is 2.19. The highest BCUT2D eigenvalue weighted by Gasteiger charge is 2.35. The molecule has 0 spiro atoms. The van der Waals surface area contributed by atoms with E-state index in [0.717, 1.165) is 4.90 Å². The third kappa shape index (κ3) is 11.9. The van der Waals surface area contributed by atoms with Crippen molar-refractivity contribution in [1.82, 2.24) is 24.9 Å². The molecule has 230 valence electrons. The number of likely N-dealkylation sites (tertiary alicyclic amines) is 1. The van der Waals surface area contributed by atoms with Gasteiger partial charge in [-0.1, -0.05) is 6.92 Å². The third-order valence-corrected chi connectivity index (χ3v) is 7.27. The molecular formula is C26H41N5O10. The number of carbonyl (C=O) groups is 7.